The van der Waals surface area contributed by atoms with Gasteiger partial charge in [0.1, 0.15) is 0 Å². The van der Waals surface area contributed by atoms with Crippen LogP contribution < -0.4 is 5.32 Å². The Kier molecular flexibility index (Phi) is 2.23. The van der Waals surface area contributed by atoms with E-state index in [-0.39, 0.29) is 0 Å². The Morgan fingerprint density at radius 3 is 2.94 bits per heavy atom. The molecular weight excluding hydrogens is 220 g/mol. The predicted molar refractivity (Wildman–Crippen MR) is 68.2 cm³/mol. The number of nitrogens with zero attached hydrogens (tertiary/aromatic N) is 1. The van der Waals surface area contributed by atoms with Gasteiger partial charge in [0.15, 0.2) is 0 Å². The quantitative estimate of drug-likeness (QED) is 0.803. The van der Waals surface area contributed by atoms with E-state index in [4.69, 9.17) is 11.6 Å². The molecule has 84 valence electrons. The Labute approximate surface area is 100 Å². The molecule has 1 aromatic heterocycles. The third-order valence-electron chi connectivity index (χ3n) is 3.70. The first-order valence-corrected chi connectivity index (χ1v) is 6.01. The van der Waals surface area contributed by atoms with Crippen molar-refractivity contribution in [1.29, 1.82) is 0 Å². The molecule has 1 atom stereocenters. The fourth-order valence-corrected chi connectivity index (χ4v) is 2.95. The van der Waals surface area contributed by atoms with Crippen molar-refractivity contribution in [1.82, 2.24) is 9.88 Å². The van der Waals surface area contributed by atoms with Gasteiger partial charge < -0.3 is 9.88 Å². The van der Waals surface area contributed by atoms with Crippen LogP contribution in [0.15, 0.2) is 18.2 Å². The van der Waals surface area contributed by atoms with Crippen LogP contribution in [-0.4, -0.2) is 17.7 Å². The van der Waals surface area contributed by atoms with Gasteiger partial charge in [-0.1, -0.05) is 17.7 Å². The molecule has 0 spiro atoms. The summed E-state index contributed by atoms with van der Waals surface area (Å²) < 4.78 is 2.29. The van der Waals surface area contributed by atoms with Gasteiger partial charge in [0, 0.05) is 41.1 Å². The summed E-state index contributed by atoms with van der Waals surface area (Å²) in [5.74, 6) is 0. The van der Waals surface area contributed by atoms with Crippen LogP contribution in [0.3, 0.4) is 0 Å². The van der Waals surface area contributed by atoms with E-state index in [1.807, 2.05) is 13.1 Å². The zero-order chi connectivity index (χ0) is 11.3. The van der Waals surface area contributed by atoms with Crippen molar-refractivity contribution in [3.63, 3.8) is 0 Å². The summed E-state index contributed by atoms with van der Waals surface area (Å²) in [6.07, 6.45) is 2.25. The van der Waals surface area contributed by atoms with Crippen LogP contribution in [0.1, 0.15) is 11.3 Å². The van der Waals surface area contributed by atoms with E-state index in [1.54, 1.807) is 0 Å². The highest BCUT2D eigenvalue weighted by Gasteiger charge is 2.26. The Bertz CT molecular complexity index is 557. The van der Waals surface area contributed by atoms with Gasteiger partial charge in [-0.15, -0.1) is 0 Å². The molecule has 0 bridgehead atoms. The molecule has 0 aliphatic heterocycles. The molecule has 3 rings (SSSR count). The molecule has 1 aromatic carbocycles. The van der Waals surface area contributed by atoms with Gasteiger partial charge in [-0.25, -0.2) is 0 Å². The third kappa shape index (κ3) is 1.30. The van der Waals surface area contributed by atoms with Gasteiger partial charge in [-0.3, -0.25) is 0 Å². The van der Waals surface area contributed by atoms with Crippen molar-refractivity contribution in [2.24, 2.45) is 7.05 Å². The maximum atomic E-state index is 6.04. The Morgan fingerprint density at radius 1 is 1.38 bits per heavy atom. The molecule has 0 amide bonds. The Hall–Kier alpha value is -0.990. The van der Waals surface area contributed by atoms with Crippen molar-refractivity contribution in [2.75, 3.05) is 7.05 Å². The lowest BCUT2D eigenvalue weighted by atomic mass is 10.1. The molecule has 0 saturated carbocycles. The van der Waals surface area contributed by atoms with Gasteiger partial charge in [-0.05, 0) is 31.2 Å². The summed E-state index contributed by atoms with van der Waals surface area (Å²) in [5.41, 5.74) is 4.21. The van der Waals surface area contributed by atoms with Crippen LogP contribution in [0.25, 0.3) is 10.9 Å². The SMILES string of the molecule is CNC1Cc2c(n(C)c3cc(Cl)ccc23)C1. The smallest absolute Gasteiger partial charge is 0.0497 e. The first kappa shape index (κ1) is 10.2. The van der Waals surface area contributed by atoms with Gasteiger partial charge in [-0.2, -0.15) is 0 Å². The topological polar surface area (TPSA) is 17.0 Å². The minimum absolute atomic E-state index is 0.594. The minimum Gasteiger partial charge on any atom is -0.347 e. The number of rotatable bonds is 1. The molecular formula is C13H15ClN2. The summed E-state index contributed by atoms with van der Waals surface area (Å²) in [6.45, 7) is 0. The molecule has 3 heteroatoms. The minimum atomic E-state index is 0.594. The number of hydrogen-bond acceptors (Lipinski definition) is 1. The Morgan fingerprint density at radius 2 is 2.19 bits per heavy atom. The molecule has 1 aliphatic carbocycles. The van der Waals surface area contributed by atoms with Gasteiger partial charge in [0.25, 0.3) is 0 Å². The third-order valence-corrected chi connectivity index (χ3v) is 3.93. The zero-order valence-electron chi connectivity index (χ0n) is 9.55. The molecule has 1 N–H and O–H groups in total. The fourth-order valence-electron chi connectivity index (χ4n) is 2.78. The molecule has 1 heterocycles. The number of aromatic nitrogens is 1. The highest BCUT2D eigenvalue weighted by Crippen LogP contribution is 2.33. The summed E-state index contributed by atoms with van der Waals surface area (Å²) in [6, 6.07) is 6.78. The number of likely N-dealkylation sites (N-methyl/N-ethyl adjacent to an activating group) is 1. The first-order chi connectivity index (χ1) is 7.70. The van der Waals surface area contributed by atoms with E-state index in [2.05, 4.69) is 29.1 Å². The Balaban J connectivity index is 2.23. The molecule has 0 fully saturated rings. The number of halogens is 1. The second-order valence-corrected chi connectivity index (χ2v) is 4.98. The maximum Gasteiger partial charge on any atom is 0.0497 e. The van der Waals surface area contributed by atoms with E-state index in [9.17, 15) is 0 Å². The van der Waals surface area contributed by atoms with Crippen molar-refractivity contribution in [2.45, 2.75) is 18.9 Å². The second kappa shape index (κ2) is 3.51. The average Bonchev–Trinajstić information content (AvgIpc) is 2.80. The summed E-state index contributed by atoms with van der Waals surface area (Å²) in [4.78, 5) is 0. The van der Waals surface area contributed by atoms with E-state index >= 15 is 0 Å². The lowest BCUT2D eigenvalue weighted by Gasteiger charge is -2.08. The second-order valence-electron chi connectivity index (χ2n) is 4.54. The summed E-state index contributed by atoms with van der Waals surface area (Å²) in [5, 5.41) is 5.54. The van der Waals surface area contributed by atoms with Crippen LogP contribution in [0, 0.1) is 0 Å². The van der Waals surface area contributed by atoms with Crippen molar-refractivity contribution in [3.8, 4) is 0 Å². The summed E-state index contributed by atoms with van der Waals surface area (Å²) in [7, 11) is 4.17. The molecule has 0 radical (unpaired) electrons. The normalized spacial score (nSPS) is 19.3. The number of fused-ring (bicyclic) bond motifs is 3. The van der Waals surface area contributed by atoms with Crippen LogP contribution in [0.5, 0.6) is 0 Å². The standard InChI is InChI=1S/C13H15ClN2/c1-15-9-6-11-10-4-3-8(14)5-12(10)16(2)13(11)7-9/h3-5,9,15H,6-7H2,1-2H3. The fraction of sp³-hybridized carbons (Fsp3) is 0.385. The molecule has 1 unspecified atom stereocenters. The lowest BCUT2D eigenvalue weighted by molar-refractivity contribution is 0.585. The number of aryl methyl sites for hydroxylation is 1. The monoisotopic (exact) mass is 234 g/mol. The van der Waals surface area contributed by atoms with Gasteiger partial charge in [0.05, 0.1) is 0 Å². The average molecular weight is 235 g/mol. The number of nitrogens with one attached hydrogen (secondary N) is 1. The largest absolute Gasteiger partial charge is 0.347 e. The predicted octanol–water partition coefficient (Wildman–Crippen LogP) is 2.52. The highest BCUT2D eigenvalue weighted by atomic mass is 35.5. The van der Waals surface area contributed by atoms with Crippen molar-refractivity contribution < 1.29 is 0 Å². The molecule has 1 aliphatic rings. The van der Waals surface area contributed by atoms with Crippen LogP contribution in [-0.2, 0) is 19.9 Å². The highest BCUT2D eigenvalue weighted by molar-refractivity contribution is 6.31. The number of hydrogen-bond donors (Lipinski definition) is 1. The van der Waals surface area contributed by atoms with Crippen LogP contribution >= 0.6 is 11.6 Å². The van der Waals surface area contributed by atoms with E-state index in [0.717, 1.165) is 17.9 Å². The van der Waals surface area contributed by atoms with E-state index < -0.39 is 0 Å². The molecule has 0 saturated heterocycles. The van der Waals surface area contributed by atoms with Crippen LogP contribution in [0.4, 0.5) is 0 Å². The first-order valence-electron chi connectivity index (χ1n) is 5.63. The van der Waals surface area contributed by atoms with Crippen LogP contribution in [0.2, 0.25) is 5.02 Å². The maximum absolute atomic E-state index is 6.04. The van der Waals surface area contributed by atoms with E-state index in [1.165, 1.54) is 22.2 Å². The summed E-state index contributed by atoms with van der Waals surface area (Å²) >= 11 is 6.04. The lowest BCUT2D eigenvalue weighted by Crippen LogP contribution is -2.25. The van der Waals surface area contributed by atoms with Crippen molar-refractivity contribution >= 4 is 22.5 Å². The van der Waals surface area contributed by atoms with Gasteiger partial charge in [0.2, 0.25) is 0 Å². The van der Waals surface area contributed by atoms with E-state index in [0.29, 0.717) is 6.04 Å². The number of benzene rings is 1. The zero-order valence-corrected chi connectivity index (χ0v) is 10.3. The van der Waals surface area contributed by atoms with Gasteiger partial charge >= 0.3 is 0 Å². The molecule has 16 heavy (non-hydrogen) atoms. The van der Waals surface area contributed by atoms with Crippen molar-refractivity contribution in [3.05, 3.63) is 34.5 Å². The molecule has 2 nitrogen and oxygen atoms in total. The molecule has 2 aromatic rings.